The molecule has 4 nitrogen and oxygen atoms in total. The summed E-state index contributed by atoms with van der Waals surface area (Å²) in [6, 6.07) is 11.6. The molecule has 25 heavy (non-hydrogen) atoms. The molecule has 3 rings (SSSR count). The van der Waals surface area contributed by atoms with E-state index >= 15 is 0 Å². The first-order valence-electron chi connectivity index (χ1n) is 8.49. The fourth-order valence-electron chi connectivity index (χ4n) is 2.45. The van der Waals surface area contributed by atoms with Crippen LogP contribution >= 0.6 is 11.6 Å². The lowest BCUT2D eigenvalue weighted by molar-refractivity contribution is 0.602. The lowest BCUT2D eigenvalue weighted by atomic mass is 10.0. The highest BCUT2D eigenvalue weighted by atomic mass is 35.5. The van der Waals surface area contributed by atoms with Crippen LogP contribution in [0.1, 0.15) is 15.4 Å². The van der Waals surface area contributed by atoms with Gasteiger partial charge in [-0.1, -0.05) is 30.7 Å². The maximum Gasteiger partial charge on any atom is 0.175 e. The Morgan fingerprint density at radius 3 is 2.28 bits per heavy atom. The van der Waals surface area contributed by atoms with E-state index in [0.717, 1.165) is 17.4 Å². The van der Waals surface area contributed by atoms with Gasteiger partial charge in [-0.3, -0.25) is 9.97 Å². The van der Waals surface area contributed by atoms with E-state index in [9.17, 15) is 8.42 Å². The van der Waals surface area contributed by atoms with Gasteiger partial charge < -0.3 is 0 Å². The summed E-state index contributed by atoms with van der Waals surface area (Å²) in [5.41, 5.74) is 3.17. The fraction of sp³-hybridized carbons (Fsp3) is 0.158. The fourth-order valence-corrected chi connectivity index (χ4v) is 3.24. The summed E-state index contributed by atoms with van der Waals surface area (Å²) in [5.74, 6) is 0. The van der Waals surface area contributed by atoms with Gasteiger partial charge in [0.2, 0.25) is 0 Å². The largest absolute Gasteiger partial charge is 0.261 e. The molecule has 0 unspecified atom stereocenters. The molecule has 0 N–H and O–H groups in total. The normalized spacial score (nSPS) is 13.2. The van der Waals surface area contributed by atoms with Crippen molar-refractivity contribution in [3.63, 3.8) is 0 Å². The Kier molecular flexibility index (Phi) is 4.18. The van der Waals surface area contributed by atoms with E-state index in [1.54, 1.807) is 48.7 Å². The molecule has 0 aliphatic rings. The second-order valence-corrected chi connectivity index (χ2v) is 7.98. The van der Waals surface area contributed by atoms with Crippen molar-refractivity contribution < 1.29 is 11.2 Å². The molecule has 6 heteroatoms. The van der Waals surface area contributed by atoms with Gasteiger partial charge in [-0.15, -0.1) is 0 Å². The van der Waals surface area contributed by atoms with Crippen molar-refractivity contribution in [1.29, 1.82) is 0 Å². The topological polar surface area (TPSA) is 59.9 Å². The molecule has 0 amide bonds. The first-order valence-corrected chi connectivity index (χ1v) is 9.75. The van der Waals surface area contributed by atoms with Gasteiger partial charge in [0.1, 0.15) is 0 Å². The van der Waals surface area contributed by atoms with Crippen LogP contribution in [0.3, 0.4) is 0 Å². The maximum absolute atomic E-state index is 11.7. The van der Waals surface area contributed by atoms with Gasteiger partial charge in [-0.25, -0.2) is 8.42 Å². The molecule has 2 aromatic heterocycles. The van der Waals surface area contributed by atoms with Crippen LogP contribution in [0.25, 0.3) is 22.4 Å². The second-order valence-electron chi connectivity index (χ2n) is 5.53. The Labute approximate surface area is 155 Å². The molecule has 0 atom stereocenters. The molecule has 3 aromatic rings. The van der Waals surface area contributed by atoms with Crippen LogP contribution in [-0.2, 0) is 16.2 Å². The minimum absolute atomic E-state index is 0.235. The summed E-state index contributed by atoms with van der Waals surface area (Å²) in [6.45, 7) is 1.45. The number of nitrogens with zero attached hydrogens (tertiary/aromatic N) is 2. The number of hydrogen-bond donors (Lipinski definition) is 0. The maximum atomic E-state index is 11.7. The molecule has 128 valence electrons. The van der Waals surface area contributed by atoms with E-state index in [2.05, 4.69) is 9.97 Å². The predicted octanol–water partition coefficient (Wildman–Crippen LogP) is 4.43. The molecule has 0 radical (unpaired) electrons. The third kappa shape index (κ3) is 3.89. The van der Waals surface area contributed by atoms with Gasteiger partial charge in [-0.05, 0) is 42.3 Å². The van der Waals surface area contributed by atoms with Crippen LogP contribution < -0.4 is 0 Å². The number of sulfone groups is 1. The quantitative estimate of drug-likeness (QED) is 0.677. The van der Waals surface area contributed by atoms with E-state index < -0.39 is 16.2 Å². The zero-order valence-corrected chi connectivity index (χ0v) is 15.3. The highest BCUT2D eigenvalue weighted by Crippen LogP contribution is 2.32. The zero-order valence-electron chi connectivity index (χ0n) is 15.7. The number of rotatable bonds is 4. The van der Waals surface area contributed by atoms with Crippen molar-refractivity contribution in [2.24, 2.45) is 0 Å². The number of pyridine rings is 2. The van der Waals surface area contributed by atoms with Gasteiger partial charge >= 0.3 is 0 Å². The molecule has 0 saturated heterocycles. The molecule has 0 aliphatic carbocycles. The minimum atomic E-state index is -3.28. The Morgan fingerprint density at radius 1 is 1.04 bits per heavy atom. The summed E-state index contributed by atoms with van der Waals surface area (Å²) < 4.78 is 38.8. The van der Waals surface area contributed by atoms with Crippen molar-refractivity contribution in [3.8, 4) is 22.4 Å². The lowest BCUT2D eigenvalue weighted by Crippen LogP contribution is -1.97. The Morgan fingerprint density at radius 2 is 1.72 bits per heavy atom. The van der Waals surface area contributed by atoms with Crippen molar-refractivity contribution in [2.45, 2.75) is 18.2 Å². The summed E-state index contributed by atoms with van der Waals surface area (Å²) in [5, 5.41) is 0.454. The first kappa shape index (κ1) is 15.0. The highest BCUT2D eigenvalue weighted by molar-refractivity contribution is 7.90. The van der Waals surface area contributed by atoms with Crippen LogP contribution in [-0.4, -0.2) is 24.6 Å². The highest BCUT2D eigenvalue weighted by Gasteiger charge is 2.12. The number of hydrogen-bond acceptors (Lipinski definition) is 4. The van der Waals surface area contributed by atoms with Crippen molar-refractivity contribution in [1.82, 2.24) is 9.97 Å². The summed E-state index contributed by atoms with van der Waals surface area (Å²) in [4.78, 5) is 8.84. The molecule has 0 bridgehead atoms. The first-order chi connectivity index (χ1) is 12.6. The lowest BCUT2D eigenvalue weighted by Gasteiger charge is -2.10. The van der Waals surface area contributed by atoms with Gasteiger partial charge in [0.15, 0.2) is 9.84 Å². The number of aromatic nitrogens is 2. The molecule has 2 heterocycles. The molecule has 0 saturated carbocycles. The SMILES string of the molecule is [2H]C([2H])(C)c1ccc(-c2ncc(Cl)cc2-c2ccc(S(C)(=O)=O)cc2)cn1. The van der Waals surface area contributed by atoms with Crippen molar-refractivity contribution in [2.75, 3.05) is 6.26 Å². The summed E-state index contributed by atoms with van der Waals surface area (Å²) >= 11 is 6.12. The second kappa shape index (κ2) is 6.94. The molecular weight excluding hydrogens is 356 g/mol. The predicted molar refractivity (Wildman–Crippen MR) is 100 cm³/mol. The Balaban J connectivity index is 2.09. The van der Waals surface area contributed by atoms with Crippen LogP contribution in [0.2, 0.25) is 5.02 Å². The molecular formula is C19H17ClN2O2S. The number of benzene rings is 1. The Hall–Kier alpha value is -2.24. The number of halogens is 1. The van der Waals surface area contributed by atoms with Gasteiger partial charge in [0, 0.05) is 38.2 Å². The van der Waals surface area contributed by atoms with E-state index in [4.69, 9.17) is 14.3 Å². The monoisotopic (exact) mass is 374 g/mol. The van der Waals surface area contributed by atoms with Gasteiger partial charge in [-0.2, -0.15) is 0 Å². The third-order valence-electron chi connectivity index (χ3n) is 3.74. The van der Waals surface area contributed by atoms with Crippen LogP contribution in [0.4, 0.5) is 0 Å². The minimum Gasteiger partial charge on any atom is -0.261 e. The van der Waals surface area contributed by atoms with Crippen LogP contribution in [0.15, 0.2) is 59.8 Å². The molecule has 0 aliphatic heterocycles. The molecule has 0 fully saturated rings. The van der Waals surface area contributed by atoms with Crippen LogP contribution in [0, 0.1) is 0 Å². The van der Waals surface area contributed by atoms with Crippen molar-refractivity contribution in [3.05, 3.63) is 65.6 Å². The molecule has 1 aromatic carbocycles. The zero-order chi connectivity index (χ0) is 19.8. The van der Waals surface area contributed by atoms with Gasteiger partial charge in [0.25, 0.3) is 0 Å². The Bertz CT molecular complexity index is 1080. The van der Waals surface area contributed by atoms with E-state index in [1.807, 2.05) is 0 Å². The summed E-state index contributed by atoms with van der Waals surface area (Å²) in [6.07, 6.45) is 2.73. The average Bonchev–Trinajstić information content (AvgIpc) is 2.60. The number of aryl methyl sites for hydroxylation is 1. The summed E-state index contributed by atoms with van der Waals surface area (Å²) in [7, 11) is -3.28. The van der Waals surface area contributed by atoms with Gasteiger partial charge in [0.05, 0.1) is 15.6 Å². The smallest absolute Gasteiger partial charge is 0.175 e. The third-order valence-corrected chi connectivity index (χ3v) is 5.08. The van der Waals surface area contributed by atoms with Crippen molar-refractivity contribution >= 4 is 21.4 Å². The van der Waals surface area contributed by atoms with E-state index in [-0.39, 0.29) is 4.90 Å². The van der Waals surface area contributed by atoms with E-state index in [0.29, 0.717) is 22.0 Å². The average molecular weight is 375 g/mol. The van der Waals surface area contributed by atoms with E-state index in [1.165, 1.54) is 13.1 Å². The van der Waals surface area contributed by atoms with Crippen LogP contribution in [0.5, 0.6) is 0 Å². The molecule has 0 spiro atoms. The standard InChI is InChI=1S/C19H17ClN2O2S/c1-3-16-7-4-14(11-21-16)19-18(10-15(20)12-22-19)13-5-8-17(9-6-13)25(2,23)24/h4-12H,3H2,1-2H3/i3D2.